The topological polar surface area (TPSA) is 58.6 Å². The smallest absolute Gasteiger partial charge is 0.330 e. The molecule has 1 aliphatic heterocycles. The van der Waals surface area contributed by atoms with Gasteiger partial charge in [0.25, 0.3) is 0 Å². The largest absolute Gasteiger partial charge is 0.464 e. The van der Waals surface area contributed by atoms with Gasteiger partial charge in [-0.05, 0) is 18.9 Å². The molecule has 114 valence electrons. The first-order valence-corrected chi connectivity index (χ1v) is 7.33. The lowest BCUT2D eigenvalue weighted by Gasteiger charge is -2.37. The van der Waals surface area contributed by atoms with E-state index in [1.54, 1.807) is 14.0 Å². The van der Waals surface area contributed by atoms with Crippen LogP contribution >= 0.6 is 0 Å². The number of hydrogen-bond acceptors (Lipinski definition) is 4. The van der Waals surface area contributed by atoms with Gasteiger partial charge in [0.2, 0.25) is 5.91 Å². The second kappa shape index (κ2) is 7.22. The SMILES string of the molecule is CCOC(=O)[C@H]1[C@H](NCc2ccccc2)CCC(=O)N1C. The number of benzene rings is 1. The van der Waals surface area contributed by atoms with Crippen LogP contribution in [0.2, 0.25) is 0 Å². The summed E-state index contributed by atoms with van der Waals surface area (Å²) in [7, 11) is 1.67. The Hall–Kier alpha value is -1.88. The van der Waals surface area contributed by atoms with Crippen LogP contribution in [0.25, 0.3) is 0 Å². The number of likely N-dealkylation sites (N-methyl/N-ethyl adjacent to an activating group) is 1. The van der Waals surface area contributed by atoms with E-state index in [0.29, 0.717) is 26.0 Å². The highest BCUT2D eigenvalue weighted by Crippen LogP contribution is 2.19. The Kier molecular flexibility index (Phi) is 5.33. The third kappa shape index (κ3) is 3.82. The van der Waals surface area contributed by atoms with E-state index >= 15 is 0 Å². The summed E-state index contributed by atoms with van der Waals surface area (Å²) in [6, 6.07) is 9.38. The van der Waals surface area contributed by atoms with Crippen LogP contribution in [0.4, 0.5) is 0 Å². The summed E-state index contributed by atoms with van der Waals surface area (Å²) >= 11 is 0. The maximum Gasteiger partial charge on any atom is 0.330 e. The summed E-state index contributed by atoms with van der Waals surface area (Å²) in [5.41, 5.74) is 1.15. The molecule has 1 fully saturated rings. The van der Waals surface area contributed by atoms with Gasteiger partial charge in [-0.1, -0.05) is 30.3 Å². The van der Waals surface area contributed by atoms with E-state index in [-0.39, 0.29) is 17.9 Å². The number of likely N-dealkylation sites (tertiary alicyclic amines) is 1. The number of rotatable bonds is 5. The van der Waals surface area contributed by atoms with Crippen LogP contribution in [0.3, 0.4) is 0 Å². The number of nitrogens with one attached hydrogen (secondary N) is 1. The molecule has 2 rings (SSSR count). The third-order valence-corrected chi connectivity index (χ3v) is 3.80. The molecule has 2 atom stereocenters. The Bertz CT molecular complexity index is 490. The summed E-state index contributed by atoms with van der Waals surface area (Å²) in [4.78, 5) is 25.4. The Morgan fingerprint density at radius 3 is 2.76 bits per heavy atom. The van der Waals surface area contributed by atoms with Crippen LogP contribution < -0.4 is 5.32 Å². The van der Waals surface area contributed by atoms with Crippen molar-refractivity contribution >= 4 is 11.9 Å². The molecule has 1 amide bonds. The number of carbonyl (C=O) groups is 2. The van der Waals surface area contributed by atoms with E-state index in [4.69, 9.17) is 4.74 Å². The third-order valence-electron chi connectivity index (χ3n) is 3.80. The Balaban J connectivity index is 2.04. The van der Waals surface area contributed by atoms with E-state index in [2.05, 4.69) is 5.32 Å². The van der Waals surface area contributed by atoms with Gasteiger partial charge in [0.05, 0.1) is 6.61 Å². The molecule has 1 saturated heterocycles. The molecule has 5 nitrogen and oxygen atoms in total. The van der Waals surface area contributed by atoms with Crippen molar-refractivity contribution in [2.45, 2.75) is 38.4 Å². The second-order valence-corrected chi connectivity index (χ2v) is 5.21. The van der Waals surface area contributed by atoms with Gasteiger partial charge in [-0.3, -0.25) is 4.79 Å². The first kappa shape index (κ1) is 15.5. The molecule has 1 aromatic carbocycles. The number of amides is 1. The van der Waals surface area contributed by atoms with Crippen molar-refractivity contribution in [1.29, 1.82) is 0 Å². The highest BCUT2D eigenvalue weighted by molar-refractivity contribution is 5.86. The van der Waals surface area contributed by atoms with Crippen LogP contribution in [0.5, 0.6) is 0 Å². The lowest BCUT2D eigenvalue weighted by Crippen LogP contribution is -2.58. The molecule has 0 aliphatic carbocycles. The molecule has 1 aliphatic rings. The zero-order valence-corrected chi connectivity index (χ0v) is 12.5. The fourth-order valence-electron chi connectivity index (χ4n) is 2.65. The van der Waals surface area contributed by atoms with Gasteiger partial charge >= 0.3 is 5.97 Å². The molecule has 21 heavy (non-hydrogen) atoms. The molecule has 1 aromatic rings. The van der Waals surface area contributed by atoms with E-state index in [1.807, 2.05) is 30.3 Å². The van der Waals surface area contributed by atoms with Crippen molar-refractivity contribution in [2.24, 2.45) is 0 Å². The summed E-state index contributed by atoms with van der Waals surface area (Å²) < 4.78 is 5.11. The first-order valence-electron chi connectivity index (χ1n) is 7.33. The lowest BCUT2D eigenvalue weighted by atomic mass is 9.95. The molecule has 1 heterocycles. The molecule has 0 unspecified atom stereocenters. The van der Waals surface area contributed by atoms with Crippen molar-refractivity contribution in [3.8, 4) is 0 Å². The monoisotopic (exact) mass is 290 g/mol. The zero-order chi connectivity index (χ0) is 15.2. The number of nitrogens with zero attached hydrogens (tertiary/aromatic N) is 1. The molecule has 0 bridgehead atoms. The second-order valence-electron chi connectivity index (χ2n) is 5.21. The zero-order valence-electron chi connectivity index (χ0n) is 12.5. The average molecular weight is 290 g/mol. The normalized spacial score (nSPS) is 22.2. The van der Waals surface area contributed by atoms with Crippen molar-refractivity contribution in [3.63, 3.8) is 0 Å². The lowest BCUT2D eigenvalue weighted by molar-refractivity contribution is -0.157. The summed E-state index contributed by atoms with van der Waals surface area (Å²) in [6.07, 6.45) is 1.11. The highest BCUT2D eigenvalue weighted by Gasteiger charge is 2.39. The maximum absolute atomic E-state index is 12.1. The molecule has 0 aromatic heterocycles. The minimum atomic E-state index is -0.546. The maximum atomic E-state index is 12.1. The van der Waals surface area contributed by atoms with Crippen LogP contribution in [0, 0.1) is 0 Å². The van der Waals surface area contributed by atoms with E-state index in [1.165, 1.54) is 4.90 Å². The predicted molar refractivity (Wildman–Crippen MR) is 79.5 cm³/mol. The van der Waals surface area contributed by atoms with Crippen LogP contribution in [-0.4, -0.2) is 42.5 Å². The van der Waals surface area contributed by atoms with E-state index in [0.717, 1.165) is 5.56 Å². The Labute approximate surface area is 125 Å². The summed E-state index contributed by atoms with van der Waals surface area (Å²) in [5.74, 6) is -0.343. The van der Waals surface area contributed by atoms with Gasteiger partial charge in [-0.2, -0.15) is 0 Å². The molecule has 0 spiro atoms. The Morgan fingerprint density at radius 2 is 2.10 bits per heavy atom. The molecular weight excluding hydrogens is 268 g/mol. The fourth-order valence-corrected chi connectivity index (χ4v) is 2.65. The van der Waals surface area contributed by atoms with Crippen LogP contribution in [0.15, 0.2) is 30.3 Å². The number of esters is 1. The highest BCUT2D eigenvalue weighted by atomic mass is 16.5. The minimum Gasteiger partial charge on any atom is -0.464 e. The number of hydrogen-bond donors (Lipinski definition) is 1. The summed E-state index contributed by atoms with van der Waals surface area (Å²) in [6.45, 7) is 2.77. The standard InChI is InChI=1S/C16H22N2O3/c1-3-21-16(20)15-13(9-10-14(19)18(15)2)17-11-12-7-5-4-6-8-12/h4-8,13,15,17H,3,9-11H2,1-2H3/t13-,15-/m1/s1. The number of piperidine rings is 1. The predicted octanol–water partition coefficient (Wildman–Crippen LogP) is 1.33. The molecular formula is C16H22N2O3. The minimum absolute atomic E-state index is 0.00851. The average Bonchev–Trinajstić information content (AvgIpc) is 2.49. The Morgan fingerprint density at radius 1 is 1.38 bits per heavy atom. The van der Waals surface area contributed by atoms with E-state index < -0.39 is 6.04 Å². The van der Waals surface area contributed by atoms with Crippen molar-refractivity contribution in [1.82, 2.24) is 10.2 Å². The van der Waals surface area contributed by atoms with Gasteiger partial charge in [-0.25, -0.2) is 4.79 Å². The van der Waals surface area contributed by atoms with Gasteiger partial charge in [0.15, 0.2) is 0 Å². The quantitative estimate of drug-likeness (QED) is 0.831. The van der Waals surface area contributed by atoms with Gasteiger partial charge < -0.3 is 15.0 Å². The molecule has 5 heteroatoms. The first-order chi connectivity index (χ1) is 10.1. The van der Waals surface area contributed by atoms with Crippen LogP contribution in [0.1, 0.15) is 25.3 Å². The summed E-state index contributed by atoms with van der Waals surface area (Å²) in [5, 5.41) is 3.38. The van der Waals surface area contributed by atoms with Crippen LogP contribution in [-0.2, 0) is 20.9 Å². The fraction of sp³-hybridized carbons (Fsp3) is 0.500. The van der Waals surface area contributed by atoms with Crippen molar-refractivity contribution < 1.29 is 14.3 Å². The number of ether oxygens (including phenoxy) is 1. The van der Waals surface area contributed by atoms with Crippen molar-refractivity contribution in [3.05, 3.63) is 35.9 Å². The van der Waals surface area contributed by atoms with Gasteiger partial charge in [0.1, 0.15) is 6.04 Å². The molecule has 0 saturated carbocycles. The molecule has 0 radical (unpaired) electrons. The van der Waals surface area contributed by atoms with Crippen molar-refractivity contribution in [2.75, 3.05) is 13.7 Å². The van der Waals surface area contributed by atoms with Gasteiger partial charge in [0, 0.05) is 26.1 Å². The number of carbonyl (C=O) groups excluding carboxylic acids is 2. The van der Waals surface area contributed by atoms with Gasteiger partial charge in [-0.15, -0.1) is 0 Å². The van der Waals surface area contributed by atoms with E-state index in [9.17, 15) is 9.59 Å². The molecule has 1 N–H and O–H groups in total.